The van der Waals surface area contributed by atoms with Crippen molar-refractivity contribution < 1.29 is 0 Å². The molecule has 1 aromatic heterocycles. The highest BCUT2D eigenvalue weighted by atomic mass is 35.5. The van der Waals surface area contributed by atoms with Crippen molar-refractivity contribution in [2.45, 2.75) is 6.54 Å². The predicted octanol–water partition coefficient (Wildman–Crippen LogP) is 3.24. The van der Waals surface area contributed by atoms with Gasteiger partial charge in [-0.05, 0) is 18.2 Å². The van der Waals surface area contributed by atoms with Gasteiger partial charge in [0.05, 0.1) is 5.69 Å². The molecule has 1 aromatic carbocycles. The lowest BCUT2D eigenvalue weighted by Gasteiger charge is -1.89. The van der Waals surface area contributed by atoms with Crippen LogP contribution in [0.25, 0.3) is 15.7 Å². The first-order valence-corrected chi connectivity index (χ1v) is 4.28. The Morgan fingerprint density at radius 2 is 2.31 bits per heavy atom. The number of nitrogens with zero attached hydrogens (tertiary/aromatic N) is 1. The van der Waals surface area contributed by atoms with Crippen molar-refractivity contribution in [1.82, 2.24) is 4.98 Å². The van der Waals surface area contributed by atoms with E-state index in [0.29, 0.717) is 6.54 Å². The number of halogens is 1. The van der Waals surface area contributed by atoms with Crippen LogP contribution in [0.15, 0.2) is 24.3 Å². The molecule has 0 aliphatic carbocycles. The van der Waals surface area contributed by atoms with E-state index in [9.17, 15) is 0 Å². The maximum Gasteiger partial charge on any atom is 0.254 e. The highest BCUT2D eigenvalue weighted by molar-refractivity contribution is 6.35. The minimum absolute atomic E-state index is 0.380. The first kappa shape index (κ1) is 8.15. The van der Waals surface area contributed by atoms with Crippen molar-refractivity contribution in [2.75, 3.05) is 0 Å². The van der Waals surface area contributed by atoms with Crippen LogP contribution in [0.5, 0.6) is 0 Å². The van der Waals surface area contributed by atoms with E-state index in [1.165, 1.54) is 0 Å². The molecular weight excluding hydrogens is 184 g/mol. The van der Waals surface area contributed by atoms with Gasteiger partial charge in [0.15, 0.2) is 0 Å². The van der Waals surface area contributed by atoms with E-state index in [-0.39, 0.29) is 0 Å². The largest absolute Gasteiger partial charge is 0.352 e. The smallest absolute Gasteiger partial charge is 0.254 e. The topological polar surface area (TPSA) is 20.1 Å². The summed E-state index contributed by atoms with van der Waals surface area (Å²) in [4.78, 5) is 6.45. The number of nitrogens with one attached hydrogen (secondary N) is 1. The molecule has 0 unspecified atom stereocenters. The minimum Gasteiger partial charge on any atom is -0.352 e. The quantitative estimate of drug-likeness (QED) is 0.667. The van der Waals surface area contributed by atoms with Crippen LogP contribution in [0.3, 0.4) is 0 Å². The maximum atomic E-state index is 6.74. The second-order valence-electron chi connectivity index (χ2n) is 2.81. The summed E-state index contributed by atoms with van der Waals surface area (Å²) in [5, 5.41) is 1.72. The number of hydrogen-bond acceptors (Lipinski definition) is 0. The van der Waals surface area contributed by atoms with Gasteiger partial charge in [0.25, 0.3) is 6.54 Å². The zero-order valence-corrected chi connectivity index (χ0v) is 7.60. The zero-order chi connectivity index (χ0) is 9.26. The number of aromatic nitrogens is 1. The molecule has 2 rings (SSSR count). The standard InChI is InChI=1S/C10H7ClN2/c1-12-6-7-5-8-9(11)3-2-4-10(8)13-7/h2-5,13H,6H2. The van der Waals surface area contributed by atoms with Gasteiger partial charge in [-0.2, -0.15) is 0 Å². The molecule has 0 saturated carbocycles. The second-order valence-corrected chi connectivity index (χ2v) is 3.22. The fourth-order valence-corrected chi connectivity index (χ4v) is 1.58. The fraction of sp³-hybridized carbons (Fsp3) is 0.100. The molecule has 0 aliphatic heterocycles. The Morgan fingerprint density at radius 1 is 1.46 bits per heavy atom. The van der Waals surface area contributed by atoms with Gasteiger partial charge in [0.2, 0.25) is 0 Å². The molecule has 0 spiro atoms. The summed E-state index contributed by atoms with van der Waals surface area (Å²) in [6, 6.07) is 7.62. The summed E-state index contributed by atoms with van der Waals surface area (Å²) in [6.07, 6.45) is 0. The number of benzene rings is 1. The first-order valence-electron chi connectivity index (χ1n) is 3.90. The van der Waals surface area contributed by atoms with Crippen molar-refractivity contribution in [2.24, 2.45) is 0 Å². The van der Waals surface area contributed by atoms with Gasteiger partial charge in [0, 0.05) is 15.9 Å². The second kappa shape index (κ2) is 3.12. The Morgan fingerprint density at radius 3 is 3.00 bits per heavy atom. The summed E-state index contributed by atoms with van der Waals surface area (Å²) in [6.45, 7) is 7.12. The Hall–Kier alpha value is -1.46. The molecule has 13 heavy (non-hydrogen) atoms. The maximum absolute atomic E-state index is 6.74. The molecule has 0 radical (unpaired) electrons. The molecule has 0 fully saturated rings. The first-order chi connectivity index (χ1) is 6.31. The van der Waals surface area contributed by atoms with Crippen molar-refractivity contribution in [3.8, 4) is 0 Å². The van der Waals surface area contributed by atoms with Crippen molar-refractivity contribution in [3.63, 3.8) is 0 Å². The van der Waals surface area contributed by atoms with Crippen LogP contribution in [0.4, 0.5) is 0 Å². The van der Waals surface area contributed by atoms with Gasteiger partial charge in [-0.1, -0.05) is 17.7 Å². The fourth-order valence-electron chi connectivity index (χ4n) is 1.35. The van der Waals surface area contributed by atoms with Crippen LogP contribution in [-0.4, -0.2) is 4.98 Å². The number of rotatable bonds is 1. The van der Waals surface area contributed by atoms with Gasteiger partial charge >= 0.3 is 0 Å². The zero-order valence-electron chi connectivity index (χ0n) is 6.84. The molecule has 0 bridgehead atoms. The van der Waals surface area contributed by atoms with Gasteiger partial charge in [0.1, 0.15) is 0 Å². The Kier molecular flexibility index (Phi) is 1.96. The average molecular weight is 191 g/mol. The molecule has 0 aliphatic rings. The molecular formula is C10H7ClN2. The van der Waals surface area contributed by atoms with E-state index < -0.39 is 0 Å². The SMILES string of the molecule is [C-]#[N+]Cc1cc2c(Cl)cccc2[nH]1. The normalized spacial score (nSPS) is 10.2. The molecule has 1 N–H and O–H groups in total. The Bertz CT molecular complexity index is 479. The third-order valence-electron chi connectivity index (χ3n) is 1.92. The van der Waals surface area contributed by atoms with E-state index in [2.05, 4.69) is 9.83 Å². The summed E-state index contributed by atoms with van der Waals surface area (Å²) in [5.41, 5.74) is 1.91. The van der Waals surface area contributed by atoms with Crippen molar-refractivity contribution in [1.29, 1.82) is 0 Å². The van der Waals surface area contributed by atoms with Gasteiger partial charge in [-0.3, -0.25) is 0 Å². The molecule has 64 valence electrons. The highest BCUT2D eigenvalue weighted by Gasteiger charge is 2.04. The third-order valence-corrected chi connectivity index (χ3v) is 2.25. The lowest BCUT2D eigenvalue weighted by atomic mass is 10.2. The molecule has 3 heteroatoms. The van der Waals surface area contributed by atoms with Crippen LogP contribution < -0.4 is 0 Å². The number of fused-ring (bicyclic) bond motifs is 1. The molecule has 0 atom stereocenters. The van der Waals surface area contributed by atoms with Crippen LogP contribution in [0.1, 0.15) is 5.69 Å². The summed E-state index contributed by atoms with van der Waals surface area (Å²) in [5.74, 6) is 0. The highest BCUT2D eigenvalue weighted by Crippen LogP contribution is 2.23. The van der Waals surface area contributed by atoms with Gasteiger partial charge < -0.3 is 9.83 Å². The van der Waals surface area contributed by atoms with Crippen LogP contribution in [0, 0.1) is 6.57 Å². The Labute approximate surface area is 81.0 Å². The van der Waals surface area contributed by atoms with Crippen molar-refractivity contribution >= 4 is 22.5 Å². The van der Waals surface area contributed by atoms with Crippen LogP contribution >= 0.6 is 11.6 Å². The number of hydrogen-bond donors (Lipinski definition) is 1. The van der Waals surface area contributed by atoms with Gasteiger partial charge in [-0.25, -0.2) is 6.57 Å². The number of H-pyrrole nitrogens is 1. The molecule has 0 saturated heterocycles. The third kappa shape index (κ3) is 1.39. The predicted molar refractivity (Wildman–Crippen MR) is 53.6 cm³/mol. The summed E-state index contributed by atoms with van der Waals surface area (Å²) in [7, 11) is 0. The molecule has 2 nitrogen and oxygen atoms in total. The van der Waals surface area contributed by atoms with E-state index >= 15 is 0 Å². The van der Waals surface area contributed by atoms with Gasteiger partial charge in [-0.15, -0.1) is 0 Å². The Balaban J connectivity index is 2.63. The lowest BCUT2D eigenvalue weighted by molar-refractivity contribution is 1.17. The van der Waals surface area contributed by atoms with E-state index in [0.717, 1.165) is 21.6 Å². The van der Waals surface area contributed by atoms with E-state index in [1.54, 1.807) is 0 Å². The summed E-state index contributed by atoms with van der Waals surface area (Å²) >= 11 is 5.97. The van der Waals surface area contributed by atoms with Crippen LogP contribution in [-0.2, 0) is 6.54 Å². The number of aromatic amines is 1. The van der Waals surface area contributed by atoms with E-state index in [1.807, 2.05) is 24.3 Å². The van der Waals surface area contributed by atoms with Crippen molar-refractivity contribution in [3.05, 3.63) is 46.4 Å². The molecule has 2 aromatic rings. The monoisotopic (exact) mass is 190 g/mol. The summed E-state index contributed by atoms with van der Waals surface area (Å²) < 4.78 is 0. The van der Waals surface area contributed by atoms with E-state index in [4.69, 9.17) is 18.2 Å². The molecule has 0 amide bonds. The minimum atomic E-state index is 0.380. The molecule has 1 heterocycles. The lowest BCUT2D eigenvalue weighted by Crippen LogP contribution is -1.75. The average Bonchev–Trinajstić information content (AvgIpc) is 2.49. The van der Waals surface area contributed by atoms with Crippen LogP contribution in [0.2, 0.25) is 5.02 Å².